The molecule has 176 valence electrons. The lowest BCUT2D eigenvalue weighted by Gasteiger charge is -2.15. The number of ether oxygens (including phenoxy) is 5. The van der Waals surface area contributed by atoms with Gasteiger partial charge in [-0.15, -0.1) is 0 Å². The highest BCUT2D eigenvalue weighted by Crippen LogP contribution is 2.37. The smallest absolute Gasteiger partial charge is 0.338 e. The van der Waals surface area contributed by atoms with Gasteiger partial charge in [0.1, 0.15) is 11.5 Å². The van der Waals surface area contributed by atoms with Crippen molar-refractivity contribution in [3.63, 3.8) is 0 Å². The molecule has 1 heterocycles. The van der Waals surface area contributed by atoms with E-state index in [1.807, 2.05) is 13.8 Å². The highest BCUT2D eigenvalue weighted by atomic mass is 35.5. The molecule has 0 fully saturated rings. The molecule has 9 nitrogen and oxygen atoms in total. The van der Waals surface area contributed by atoms with Crippen LogP contribution in [-0.4, -0.2) is 44.0 Å². The van der Waals surface area contributed by atoms with Crippen molar-refractivity contribution in [2.75, 3.05) is 27.9 Å². The lowest BCUT2D eigenvalue weighted by atomic mass is 10.2. The van der Waals surface area contributed by atoms with Crippen LogP contribution in [0, 0.1) is 5.92 Å². The van der Waals surface area contributed by atoms with Gasteiger partial charge in [0.05, 0.1) is 44.1 Å². The van der Waals surface area contributed by atoms with Gasteiger partial charge in [-0.25, -0.2) is 4.79 Å². The first-order valence-corrected chi connectivity index (χ1v) is 10.5. The number of nitrogens with zero attached hydrogens (tertiary/aromatic N) is 2. The third kappa shape index (κ3) is 5.87. The van der Waals surface area contributed by atoms with Gasteiger partial charge in [-0.1, -0.05) is 30.6 Å². The maximum absolute atomic E-state index is 12.6. The van der Waals surface area contributed by atoms with Crippen LogP contribution in [0.15, 0.2) is 34.9 Å². The molecule has 3 rings (SSSR count). The van der Waals surface area contributed by atoms with Crippen LogP contribution in [0.25, 0.3) is 11.4 Å². The topological polar surface area (TPSA) is 102 Å². The molecule has 0 bridgehead atoms. The molecule has 0 spiro atoms. The van der Waals surface area contributed by atoms with Crippen molar-refractivity contribution in [3.05, 3.63) is 46.8 Å². The number of aromatic nitrogens is 2. The number of benzene rings is 2. The molecule has 0 atom stereocenters. The van der Waals surface area contributed by atoms with Gasteiger partial charge in [0.15, 0.2) is 18.1 Å². The Balaban J connectivity index is 1.71. The Kier molecular flexibility index (Phi) is 8.00. The summed E-state index contributed by atoms with van der Waals surface area (Å²) >= 11 is 6.30. The van der Waals surface area contributed by atoms with Crippen molar-refractivity contribution in [1.82, 2.24) is 10.1 Å². The maximum atomic E-state index is 12.6. The van der Waals surface area contributed by atoms with Crippen LogP contribution in [0.1, 0.15) is 30.1 Å². The van der Waals surface area contributed by atoms with Crippen molar-refractivity contribution in [1.29, 1.82) is 0 Å². The first kappa shape index (κ1) is 24.2. The van der Waals surface area contributed by atoms with Crippen LogP contribution in [0.2, 0.25) is 5.02 Å². The summed E-state index contributed by atoms with van der Waals surface area (Å²) in [5.41, 5.74) is 0.804. The van der Waals surface area contributed by atoms with Gasteiger partial charge < -0.3 is 28.2 Å². The van der Waals surface area contributed by atoms with Crippen molar-refractivity contribution < 1.29 is 33.0 Å². The number of hydrogen-bond donors (Lipinski definition) is 0. The predicted octanol–water partition coefficient (Wildman–Crippen LogP) is 4.81. The summed E-state index contributed by atoms with van der Waals surface area (Å²) in [6.07, 6.45) is 0. The fraction of sp³-hybridized carbons (Fsp3) is 0.348. The minimum absolute atomic E-state index is 0.117. The van der Waals surface area contributed by atoms with Crippen LogP contribution in [-0.2, 0) is 11.3 Å². The molecule has 10 heteroatoms. The normalized spacial score (nSPS) is 10.8. The molecule has 0 aliphatic rings. The van der Waals surface area contributed by atoms with E-state index in [-0.39, 0.29) is 28.9 Å². The van der Waals surface area contributed by atoms with E-state index >= 15 is 0 Å². The molecule has 0 aliphatic heterocycles. The molecule has 3 aromatic rings. The van der Waals surface area contributed by atoms with Gasteiger partial charge >= 0.3 is 5.97 Å². The molecule has 0 saturated heterocycles. The highest BCUT2D eigenvalue weighted by Gasteiger charge is 2.19. The second-order valence-corrected chi connectivity index (χ2v) is 7.76. The number of hydrogen-bond acceptors (Lipinski definition) is 9. The van der Waals surface area contributed by atoms with E-state index in [4.69, 9.17) is 39.8 Å². The summed E-state index contributed by atoms with van der Waals surface area (Å²) in [4.78, 5) is 16.8. The van der Waals surface area contributed by atoms with Crippen molar-refractivity contribution in [2.45, 2.75) is 20.5 Å². The number of esters is 1. The summed E-state index contributed by atoms with van der Waals surface area (Å²) in [6, 6.07) is 8.17. The zero-order valence-corrected chi connectivity index (χ0v) is 19.8. The molecule has 0 saturated carbocycles. The van der Waals surface area contributed by atoms with Crippen molar-refractivity contribution >= 4 is 17.6 Å². The molecule has 1 aromatic heterocycles. The maximum Gasteiger partial charge on any atom is 0.338 e. The van der Waals surface area contributed by atoms with Crippen LogP contribution in [0.5, 0.6) is 23.0 Å². The molecule has 2 aromatic carbocycles. The Morgan fingerprint density at radius 3 is 2.48 bits per heavy atom. The number of halogens is 1. The Morgan fingerprint density at radius 2 is 1.82 bits per heavy atom. The van der Waals surface area contributed by atoms with Gasteiger partial charge in [-0.05, 0) is 30.2 Å². The summed E-state index contributed by atoms with van der Waals surface area (Å²) in [5, 5.41) is 4.18. The average molecular weight is 477 g/mol. The minimum Gasteiger partial charge on any atom is -0.497 e. The van der Waals surface area contributed by atoms with E-state index in [1.165, 1.54) is 26.4 Å². The van der Waals surface area contributed by atoms with Crippen LogP contribution in [0.3, 0.4) is 0 Å². The molecule has 0 N–H and O–H groups in total. The summed E-state index contributed by atoms with van der Waals surface area (Å²) in [5.74, 6) is 1.92. The zero-order valence-electron chi connectivity index (χ0n) is 19.0. The van der Waals surface area contributed by atoms with Gasteiger partial charge in [0, 0.05) is 6.07 Å². The zero-order chi connectivity index (χ0) is 24.0. The molecule has 0 aliphatic carbocycles. The molecule has 0 radical (unpaired) electrons. The van der Waals surface area contributed by atoms with Gasteiger partial charge in [0.25, 0.3) is 5.89 Å². The standard InChI is InChI=1S/C23H25ClN2O7/c1-13(2)11-31-21-17(24)8-14(9-19(21)30-5)23(27)32-12-20-25-22(26-33-20)16-7-6-15(28-3)10-18(16)29-4/h6-10,13H,11-12H2,1-5H3. The minimum atomic E-state index is -0.632. The largest absolute Gasteiger partial charge is 0.497 e. The Bertz CT molecular complexity index is 1110. The van der Waals surface area contributed by atoms with Gasteiger partial charge in [-0.3, -0.25) is 0 Å². The summed E-state index contributed by atoms with van der Waals surface area (Å²) in [6.45, 7) is 4.26. The van der Waals surface area contributed by atoms with E-state index in [1.54, 1.807) is 25.3 Å². The molecule has 0 amide bonds. The summed E-state index contributed by atoms with van der Waals surface area (Å²) < 4.78 is 32.1. The summed E-state index contributed by atoms with van der Waals surface area (Å²) in [7, 11) is 4.56. The van der Waals surface area contributed by atoms with Crippen LogP contribution in [0.4, 0.5) is 0 Å². The second kappa shape index (κ2) is 10.9. The third-order valence-corrected chi connectivity index (χ3v) is 4.75. The molecule has 0 unspecified atom stereocenters. The molecular weight excluding hydrogens is 452 g/mol. The van der Waals surface area contributed by atoms with E-state index in [2.05, 4.69) is 10.1 Å². The molecule has 33 heavy (non-hydrogen) atoms. The Morgan fingerprint density at radius 1 is 1.06 bits per heavy atom. The van der Waals surface area contributed by atoms with E-state index < -0.39 is 5.97 Å². The third-order valence-electron chi connectivity index (χ3n) is 4.47. The number of carbonyl (C=O) groups is 1. The highest BCUT2D eigenvalue weighted by molar-refractivity contribution is 6.32. The van der Waals surface area contributed by atoms with Crippen molar-refractivity contribution in [2.24, 2.45) is 5.92 Å². The SMILES string of the molecule is COc1ccc(-c2noc(COC(=O)c3cc(Cl)c(OCC(C)C)c(OC)c3)n2)c(OC)c1. The monoisotopic (exact) mass is 476 g/mol. The van der Waals surface area contributed by atoms with Gasteiger partial charge in [0.2, 0.25) is 5.82 Å². The average Bonchev–Trinajstić information content (AvgIpc) is 3.29. The second-order valence-electron chi connectivity index (χ2n) is 7.35. The quantitative estimate of drug-likeness (QED) is 0.381. The van der Waals surface area contributed by atoms with E-state index in [9.17, 15) is 4.79 Å². The van der Waals surface area contributed by atoms with Crippen LogP contribution >= 0.6 is 11.6 Å². The fourth-order valence-electron chi connectivity index (χ4n) is 2.84. The fourth-order valence-corrected chi connectivity index (χ4v) is 3.11. The van der Waals surface area contributed by atoms with E-state index in [0.29, 0.717) is 41.1 Å². The number of carbonyl (C=O) groups excluding carboxylic acids is 1. The lowest BCUT2D eigenvalue weighted by molar-refractivity contribution is 0.0429. The van der Waals surface area contributed by atoms with Gasteiger partial charge in [-0.2, -0.15) is 4.98 Å². The van der Waals surface area contributed by atoms with E-state index in [0.717, 1.165) is 0 Å². The number of rotatable bonds is 10. The Labute approximate surface area is 196 Å². The Hall–Kier alpha value is -3.46. The molecular formula is C23H25ClN2O7. The van der Waals surface area contributed by atoms with Crippen LogP contribution < -0.4 is 18.9 Å². The van der Waals surface area contributed by atoms with Crippen molar-refractivity contribution in [3.8, 4) is 34.4 Å². The predicted molar refractivity (Wildman–Crippen MR) is 120 cm³/mol. The number of methoxy groups -OCH3 is 3. The lowest BCUT2D eigenvalue weighted by Crippen LogP contribution is -2.09. The first-order valence-electron chi connectivity index (χ1n) is 10.1. The first-order chi connectivity index (χ1) is 15.9.